The molecule has 1 aromatic heterocycles. The summed E-state index contributed by atoms with van der Waals surface area (Å²) in [6.45, 7) is 0.515. The number of carbonyl (C=O) groups is 3. The quantitative estimate of drug-likeness (QED) is 0.286. The van der Waals surface area contributed by atoms with Crippen molar-refractivity contribution in [1.29, 1.82) is 0 Å². The van der Waals surface area contributed by atoms with Crippen molar-refractivity contribution in [2.24, 2.45) is 0 Å². The van der Waals surface area contributed by atoms with E-state index in [9.17, 15) is 27.9 Å². The molecule has 2 heterocycles. The lowest BCUT2D eigenvalue weighted by Gasteiger charge is -2.30. The fourth-order valence-corrected chi connectivity index (χ4v) is 6.26. The highest BCUT2D eigenvalue weighted by atomic mass is 35.5. The molecule has 0 saturated carbocycles. The molecule has 3 N–H and O–H groups in total. The molecule has 2 amide bonds. The van der Waals surface area contributed by atoms with Crippen LogP contribution in [-0.2, 0) is 34.0 Å². The molecule has 0 radical (unpaired) electrons. The number of carboxylic acid groups (broad SMARTS) is 1. The fourth-order valence-electron chi connectivity index (χ4n) is 4.81. The van der Waals surface area contributed by atoms with Crippen LogP contribution in [0, 0.1) is 0 Å². The minimum Gasteiger partial charge on any atom is -0.480 e. The van der Waals surface area contributed by atoms with Crippen molar-refractivity contribution in [3.05, 3.63) is 92.7 Å². The average molecular weight is 615 g/mol. The van der Waals surface area contributed by atoms with Crippen molar-refractivity contribution in [1.82, 2.24) is 20.2 Å². The van der Waals surface area contributed by atoms with Crippen LogP contribution in [0.3, 0.4) is 0 Å². The van der Waals surface area contributed by atoms with E-state index in [-0.39, 0.29) is 45.2 Å². The summed E-state index contributed by atoms with van der Waals surface area (Å²) in [5.41, 5.74) is 3.08. The van der Waals surface area contributed by atoms with Gasteiger partial charge in [-0.1, -0.05) is 47.5 Å². The lowest BCUT2D eigenvalue weighted by Crippen LogP contribution is -2.42. The molecular formula is C28H24Cl2N4O6S. The normalized spacial score (nSPS) is 14.0. The predicted molar refractivity (Wildman–Crippen MR) is 153 cm³/mol. The number of hydrogen-bond acceptors (Lipinski definition) is 6. The zero-order chi connectivity index (χ0) is 29.5. The Hall–Kier alpha value is -3.93. The molecule has 5 rings (SSSR count). The molecule has 0 spiro atoms. The highest BCUT2D eigenvalue weighted by Crippen LogP contribution is 2.35. The van der Waals surface area contributed by atoms with E-state index in [0.29, 0.717) is 35.2 Å². The third-order valence-corrected chi connectivity index (χ3v) is 8.71. The molecule has 0 aliphatic carbocycles. The van der Waals surface area contributed by atoms with Crippen LogP contribution in [0.5, 0.6) is 0 Å². The number of fused-ring (bicyclic) bond motifs is 2. The average Bonchev–Trinajstić information content (AvgIpc) is 3.36. The number of aromatic amines is 1. The Balaban J connectivity index is 1.35. The number of halogens is 2. The van der Waals surface area contributed by atoms with Crippen LogP contribution in [-0.4, -0.2) is 65.0 Å². The molecule has 13 heteroatoms. The summed E-state index contributed by atoms with van der Waals surface area (Å²) in [4.78, 5) is 47.4. The number of nitrogens with one attached hydrogen (secondary N) is 2. The summed E-state index contributed by atoms with van der Waals surface area (Å²) in [5.74, 6) is -2.17. The third-order valence-electron chi connectivity index (χ3n) is 6.88. The zero-order valence-electron chi connectivity index (χ0n) is 21.6. The number of sulfone groups is 1. The fraction of sp³-hybridized carbons (Fsp3) is 0.214. The summed E-state index contributed by atoms with van der Waals surface area (Å²) in [5, 5.41) is 12.3. The second-order valence-electron chi connectivity index (χ2n) is 9.75. The molecule has 4 aromatic rings. The summed E-state index contributed by atoms with van der Waals surface area (Å²) in [6.07, 6.45) is 1.23. The van der Waals surface area contributed by atoms with Crippen molar-refractivity contribution < 1.29 is 27.9 Å². The number of rotatable bonds is 7. The molecule has 0 fully saturated rings. The van der Waals surface area contributed by atoms with Crippen molar-refractivity contribution in [2.75, 3.05) is 12.8 Å². The first kappa shape index (κ1) is 28.6. The Morgan fingerprint density at radius 1 is 1.12 bits per heavy atom. The maximum absolute atomic E-state index is 13.2. The van der Waals surface area contributed by atoms with Gasteiger partial charge in [-0.25, -0.2) is 18.2 Å². The highest BCUT2D eigenvalue weighted by molar-refractivity contribution is 7.90. The first-order chi connectivity index (χ1) is 19.4. The van der Waals surface area contributed by atoms with Crippen molar-refractivity contribution in [3.8, 4) is 0 Å². The Kier molecular flexibility index (Phi) is 7.78. The van der Waals surface area contributed by atoms with Gasteiger partial charge in [0.05, 0.1) is 31.5 Å². The van der Waals surface area contributed by atoms with Crippen molar-refractivity contribution >= 4 is 61.9 Å². The smallest absolute Gasteiger partial charge is 0.326 e. The van der Waals surface area contributed by atoms with E-state index in [0.717, 1.165) is 11.8 Å². The van der Waals surface area contributed by atoms with E-state index in [1.54, 1.807) is 17.0 Å². The molecule has 0 unspecified atom stereocenters. The van der Waals surface area contributed by atoms with Gasteiger partial charge in [0.25, 0.3) is 11.8 Å². The molecule has 10 nitrogen and oxygen atoms in total. The molecule has 41 heavy (non-hydrogen) atoms. The van der Waals surface area contributed by atoms with Crippen molar-refractivity contribution in [2.45, 2.75) is 30.3 Å². The number of carboxylic acids is 1. The van der Waals surface area contributed by atoms with Gasteiger partial charge in [-0.3, -0.25) is 9.59 Å². The molecule has 0 bridgehead atoms. The Bertz CT molecular complexity index is 1790. The Morgan fingerprint density at radius 2 is 1.88 bits per heavy atom. The van der Waals surface area contributed by atoms with Gasteiger partial charge >= 0.3 is 5.97 Å². The second-order valence-corrected chi connectivity index (χ2v) is 12.6. The Labute approximate surface area is 245 Å². The number of para-hydroxylation sites is 2. The number of benzene rings is 3. The van der Waals surface area contributed by atoms with Gasteiger partial charge in [-0.2, -0.15) is 0 Å². The number of hydrogen-bond donors (Lipinski definition) is 3. The van der Waals surface area contributed by atoms with Crippen LogP contribution in [0.2, 0.25) is 10.0 Å². The Morgan fingerprint density at radius 3 is 2.59 bits per heavy atom. The van der Waals surface area contributed by atoms with E-state index in [4.69, 9.17) is 23.2 Å². The monoisotopic (exact) mass is 614 g/mol. The van der Waals surface area contributed by atoms with Crippen LogP contribution >= 0.6 is 23.2 Å². The summed E-state index contributed by atoms with van der Waals surface area (Å²) >= 11 is 13.1. The van der Waals surface area contributed by atoms with E-state index in [2.05, 4.69) is 15.3 Å². The first-order valence-corrected chi connectivity index (χ1v) is 15.1. The highest BCUT2D eigenvalue weighted by Gasteiger charge is 2.30. The van der Waals surface area contributed by atoms with Crippen molar-refractivity contribution in [3.63, 3.8) is 0 Å². The number of aromatic nitrogens is 2. The minimum absolute atomic E-state index is 0.00694. The summed E-state index contributed by atoms with van der Waals surface area (Å²) in [6, 6.07) is 13.4. The van der Waals surface area contributed by atoms with Gasteiger partial charge in [0.15, 0.2) is 15.7 Å². The number of nitrogens with zero attached hydrogens (tertiary/aromatic N) is 2. The van der Waals surface area contributed by atoms with Crippen LogP contribution in [0.25, 0.3) is 11.0 Å². The van der Waals surface area contributed by atoms with Crippen LogP contribution < -0.4 is 5.32 Å². The maximum Gasteiger partial charge on any atom is 0.326 e. The maximum atomic E-state index is 13.2. The van der Waals surface area contributed by atoms with Crippen LogP contribution in [0.4, 0.5) is 0 Å². The van der Waals surface area contributed by atoms with Gasteiger partial charge in [-0.05, 0) is 53.4 Å². The number of H-pyrrole nitrogens is 1. The van der Waals surface area contributed by atoms with E-state index in [1.807, 2.05) is 24.3 Å². The number of amides is 2. The second kappa shape index (κ2) is 11.2. The van der Waals surface area contributed by atoms with E-state index < -0.39 is 27.8 Å². The summed E-state index contributed by atoms with van der Waals surface area (Å²) in [7, 11) is -3.50. The van der Waals surface area contributed by atoms with Crippen LogP contribution in [0.15, 0.2) is 59.5 Å². The number of imidazole rings is 1. The predicted octanol–water partition coefficient (Wildman–Crippen LogP) is 3.90. The number of carbonyl (C=O) groups excluding carboxylic acids is 2. The zero-order valence-corrected chi connectivity index (χ0v) is 24.0. The molecular weight excluding hydrogens is 591 g/mol. The molecule has 1 aliphatic rings. The standard InChI is InChI=1S/C28H24Cl2N4O6S/c1-41(39,40)17-6-4-5-15(11-17)12-22(28(37)38)33-26(35)23-19(29)13-16-14-34(10-9-18(16)24(23)30)27(36)25-31-20-7-2-3-8-21(20)32-25/h2-8,11,13,22H,9-10,12,14H2,1H3,(H,31,32)(H,33,35)(H,37,38)/t22-/m0/s1. The largest absolute Gasteiger partial charge is 0.480 e. The van der Waals surface area contributed by atoms with Gasteiger partial charge < -0.3 is 20.3 Å². The lowest BCUT2D eigenvalue weighted by molar-refractivity contribution is -0.139. The van der Waals surface area contributed by atoms with Gasteiger partial charge in [0.1, 0.15) is 6.04 Å². The molecule has 3 aromatic carbocycles. The van der Waals surface area contributed by atoms with Gasteiger partial charge in [0, 0.05) is 25.8 Å². The first-order valence-electron chi connectivity index (χ1n) is 12.5. The topological polar surface area (TPSA) is 150 Å². The van der Waals surface area contributed by atoms with E-state index in [1.165, 1.54) is 18.2 Å². The number of aliphatic carboxylic acids is 1. The lowest BCUT2D eigenvalue weighted by atomic mass is 9.96. The van der Waals surface area contributed by atoms with Crippen LogP contribution in [0.1, 0.15) is 37.7 Å². The molecule has 1 aliphatic heterocycles. The minimum atomic E-state index is -3.50. The molecule has 212 valence electrons. The van der Waals surface area contributed by atoms with Gasteiger partial charge in [-0.15, -0.1) is 0 Å². The SMILES string of the molecule is CS(=O)(=O)c1cccc(C[C@H](NC(=O)c2c(Cl)cc3c(c2Cl)CCN(C(=O)c2nc4ccccc4[nH]2)C3)C(=O)O)c1. The third kappa shape index (κ3) is 5.92. The summed E-state index contributed by atoms with van der Waals surface area (Å²) < 4.78 is 23.8. The van der Waals surface area contributed by atoms with Gasteiger partial charge in [0.2, 0.25) is 0 Å². The van der Waals surface area contributed by atoms with E-state index >= 15 is 0 Å². The molecule has 0 saturated heterocycles. The molecule has 1 atom stereocenters.